The maximum Gasteiger partial charge on any atom is 0.343 e. The van der Waals surface area contributed by atoms with Crippen LogP contribution in [-0.2, 0) is 23.9 Å². The molecule has 0 fully saturated rings. The summed E-state index contributed by atoms with van der Waals surface area (Å²) in [5.74, 6) is -2.34. The quantitative estimate of drug-likeness (QED) is 0.268. The minimum absolute atomic E-state index is 0.117. The van der Waals surface area contributed by atoms with Crippen molar-refractivity contribution in [2.45, 2.75) is 33.7 Å². The van der Waals surface area contributed by atoms with E-state index in [1.54, 1.807) is 58.0 Å². The number of amides is 1. The van der Waals surface area contributed by atoms with Gasteiger partial charge in [-0.25, -0.2) is 4.79 Å². The molecule has 0 unspecified atom stereocenters. The second kappa shape index (κ2) is 12.3. The number of hydrogen-bond acceptors (Lipinski definition) is 7. The van der Waals surface area contributed by atoms with E-state index in [9.17, 15) is 19.5 Å². The van der Waals surface area contributed by atoms with E-state index < -0.39 is 23.9 Å². The van der Waals surface area contributed by atoms with Gasteiger partial charge in [0.05, 0.1) is 13.2 Å². The summed E-state index contributed by atoms with van der Waals surface area (Å²) in [5.41, 5.74) is 0.247. The van der Waals surface area contributed by atoms with Gasteiger partial charge < -0.3 is 19.9 Å². The number of nitrogens with zero attached hydrogens (tertiary/aromatic N) is 1. The largest absolute Gasteiger partial charge is 0.506 e. The standard InChI is InChI=1S/C21H28N2O6/c1-5-28-17(24)13-23-20(26)18(14(3)4)22-12-16(21(27)29-6-2)19(25)15-10-8-7-9-11-15/h7-12,14,18,25H,5-6,13H2,1-4H3,(H,23,26)/b19-16+,22-12?/t18-/m0/s1. The average molecular weight is 404 g/mol. The summed E-state index contributed by atoms with van der Waals surface area (Å²) < 4.78 is 9.77. The highest BCUT2D eigenvalue weighted by Gasteiger charge is 2.23. The molecule has 0 saturated heterocycles. The van der Waals surface area contributed by atoms with Crippen molar-refractivity contribution in [3.8, 4) is 0 Å². The molecule has 158 valence electrons. The molecule has 1 atom stereocenters. The Morgan fingerprint density at radius 1 is 1.10 bits per heavy atom. The molecular formula is C21H28N2O6. The number of rotatable bonds is 10. The summed E-state index contributed by atoms with van der Waals surface area (Å²) in [6.45, 7) is 6.92. The van der Waals surface area contributed by atoms with Gasteiger partial charge in [-0.05, 0) is 19.8 Å². The minimum atomic E-state index is -0.877. The Kier molecular flexibility index (Phi) is 10.2. The molecule has 0 aliphatic heterocycles. The Morgan fingerprint density at radius 3 is 2.28 bits per heavy atom. The van der Waals surface area contributed by atoms with Crippen LogP contribution in [0.15, 0.2) is 40.9 Å². The maximum atomic E-state index is 12.4. The van der Waals surface area contributed by atoms with Crippen LogP contribution in [0.2, 0.25) is 0 Å². The fraction of sp³-hybridized carbons (Fsp3) is 0.429. The summed E-state index contributed by atoms with van der Waals surface area (Å²) in [6.07, 6.45) is 1.13. The SMILES string of the molecule is CCOC(=O)CNC(=O)[C@@H](N=C/C(C(=O)OCC)=C(\O)c1ccccc1)C(C)C. The summed E-state index contributed by atoms with van der Waals surface area (Å²) >= 11 is 0. The van der Waals surface area contributed by atoms with Gasteiger partial charge in [-0.1, -0.05) is 44.2 Å². The zero-order chi connectivity index (χ0) is 21.8. The van der Waals surface area contributed by atoms with Crippen LogP contribution in [0.5, 0.6) is 0 Å². The van der Waals surface area contributed by atoms with Gasteiger partial charge in [0, 0.05) is 11.8 Å². The molecule has 0 aromatic heterocycles. The van der Waals surface area contributed by atoms with Crippen molar-refractivity contribution in [2.75, 3.05) is 19.8 Å². The van der Waals surface area contributed by atoms with Gasteiger partial charge in [0.2, 0.25) is 5.91 Å². The molecule has 1 amide bonds. The van der Waals surface area contributed by atoms with Crippen molar-refractivity contribution in [2.24, 2.45) is 10.9 Å². The molecular weight excluding hydrogens is 376 g/mol. The molecule has 0 bridgehead atoms. The summed E-state index contributed by atoms with van der Waals surface area (Å²) in [5, 5.41) is 13.0. The Bertz CT molecular complexity index is 756. The molecule has 2 N–H and O–H groups in total. The highest BCUT2D eigenvalue weighted by Crippen LogP contribution is 2.17. The molecule has 1 aromatic rings. The van der Waals surface area contributed by atoms with Crippen molar-refractivity contribution >= 4 is 29.8 Å². The first-order valence-electron chi connectivity index (χ1n) is 9.44. The van der Waals surface area contributed by atoms with E-state index in [0.717, 1.165) is 6.21 Å². The van der Waals surface area contributed by atoms with Gasteiger partial charge in [-0.2, -0.15) is 0 Å². The van der Waals surface area contributed by atoms with E-state index in [2.05, 4.69) is 10.3 Å². The van der Waals surface area contributed by atoms with Gasteiger partial charge in [-0.3, -0.25) is 14.6 Å². The first kappa shape index (κ1) is 23.9. The zero-order valence-electron chi connectivity index (χ0n) is 17.2. The third-order valence-corrected chi connectivity index (χ3v) is 3.77. The van der Waals surface area contributed by atoms with E-state index in [0.29, 0.717) is 5.56 Å². The topological polar surface area (TPSA) is 114 Å². The van der Waals surface area contributed by atoms with Crippen molar-refractivity contribution in [1.82, 2.24) is 5.32 Å². The number of carbonyl (C=O) groups is 3. The number of nitrogens with one attached hydrogen (secondary N) is 1. The van der Waals surface area contributed by atoms with E-state index in [1.807, 2.05) is 0 Å². The molecule has 29 heavy (non-hydrogen) atoms. The third kappa shape index (κ3) is 7.77. The van der Waals surface area contributed by atoms with Gasteiger partial charge in [-0.15, -0.1) is 0 Å². The number of aliphatic hydroxyl groups excluding tert-OH is 1. The molecule has 0 aliphatic carbocycles. The summed E-state index contributed by atoms with van der Waals surface area (Å²) in [4.78, 5) is 40.3. The van der Waals surface area contributed by atoms with E-state index in [1.165, 1.54) is 0 Å². The van der Waals surface area contributed by atoms with Gasteiger partial charge in [0.25, 0.3) is 0 Å². The predicted octanol–water partition coefficient (Wildman–Crippen LogP) is 2.29. The second-order valence-corrected chi connectivity index (χ2v) is 6.34. The minimum Gasteiger partial charge on any atom is -0.506 e. The number of ether oxygens (including phenoxy) is 2. The smallest absolute Gasteiger partial charge is 0.343 e. The van der Waals surface area contributed by atoms with Crippen molar-refractivity contribution in [3.63, 3.8) is 0 Å². The van der Waals surface area contributed by atoms with Crippen LogP contribution in [0.1, 0.15) is 33.3 Å². The van der Waals surface area contributed by atoms with Gasteiger partial charge in [0.15, 0.2) is 0 Å². The van der Waals surface area contributed by atoms with Crippen LogP contribution < -0.4 is 5.32 Å². The first-order chi connectivity index (χ1) is 13.8. The average Bonchev–Trinajstić information content (AvgIpc) is 2.69. The fourth-order valence-corrected chi connectivity index (χ4v) is 2.34. The number of carbonyl (C=O) groups excluding carboxylic acids is 3. The highest BCUT2D eigenvalue weighted by atomic mass is 16.5. The molecule has 0 spiro atoms. The normalized spacial score (nSPS) is 13.0. The van der Waals surface area contributed by atoms with Crippen LogP contribution in [0, 0.1) is 5.92 Å². The molecule has 1 rings (SSSR count). The second-order valence-electron chi connectivity index (χ2n) is 6.34. The molecule has 0 heterocycles. The Morgan fingerprint density at radius 2 is 1.72 bits per heavy atom. The Labute approximate surface area is 170 Å². The number of benzene rings is 1. The number of aliphatic imine (C=N–C) groups is 1. The van der Waals surface area contributed by atoms with Gasteiger partial charge in [0.1, 0.15) is 23.9 Å². The molecule has 0 radical (unpaired) electrons. The van der Waals surface area contributed by atoms with Crippen molar-refractivity contribution in [3.05, 3.63) is 41.5 Å². The van der Waals surface area contributed by atoms with Crippen molar-refractivity contribution < 1.29 is 29.0 Å². The van der Waals surface area contributed by atoms with E-state index in [-0.39, 0.29) is 37.0 Å². The van der Waals surface area contributed by atoms with Crippen LogP contribution in [0.4, 0.5) is 0 Å². The highest BCUT2D eigenvalue weighted by molar-refractivity contribution is 6.15. The fourth-order valence-electron chi connectivity index (χ4n) is 2.34. The first-order valence-corrected chi connectivity index (χ1v) is 9.44. The number of aliphatic hydroxyl groups is 1. The lowest BCUT2D eigenvalue weighted by molar-refractivity contribution is -0.143. The molecule has 0 aliphatic rings. The van der Waals surface area contributed by atoms with Crippen LogP contribution in [0.3, 0.4) is 0 Å². The monoisotopic (exact) mass is 404 g/mol. The van der Waals surface area contributed by atoms with Crippen LogP contribution in [0.25, 0.3) is 5.76 Å². The number of esters is 2. The Balaban J connectivity index is 3.11. The van der Waals surface area contributed by atoms with Gasteiger partial charge >= 0.3 is 11.9 Å². The molecule has 8 nitrogen and oxygen atoms in total. The van der Waals surface area contributed by atoms with E-state index >= 15 is 0 Å². The lowest BCUT2D eigenvalue weighted by Gasteiger charge is -2.16. The third-order valence-electron chi connectivity index (χ3n) is 3.77. The Hall–Kier alpha value is -3.16. The lowest BCUT2D eigenvalue weighted by Crippen LogP contribution is -2.40. The summed E-state index contributed by atoms with van der Waals surface area (Å²) in [7, 11) is 0. The van der Waals surface area contributed by atoms with Crippen LogP contribution >= 0.6 is 0 Å². The van der Waals surface area contributed by atoms with E-state index in [4.69, 9.17) is 9.47 Å². The van der Waals surface area contributed by atoms with Crippen LogP contribution in [-0.4, -0.2) is 55.0 Å². The molecule has 0 saturated carbocycles. The maximum absolute atomic E-state index is 12.4. The lowest BCUT2D eigenvalue weighted by atomic mass is 10.0. The predicted molar refractivity (Wildman–Crippen MR) is 109 cm³/mol. The molecule has 1 aromatic carbocycles. The number of hydrogen-bond donors (Lipinski definition) is 2. The molecule has 8 heteroatoms. The summed E-state index contributed by atoms with van der Waals surface area (Å²) in [6, 6.07) is 7.59. The zero-order valence-corrected chi connectivity index (χ0v) is 17.2. The van der Waals surface area contributed by atoms with Crippen molar-refractivity contribution in [1.29, 1.82) is 0 Å².